The minimum absolute atomic E-state index is 0.0113. The van der Waals surface area contributed by atoms with Crippen molar-refractivity contribution in [1.82, 2.24) is 20.0 Å². The van der Waals surface area contributed by atoms with Gasteiger partial charge in [-0.25, -0.2) is 9.49 Å². The van der Waals surface area contributed by atoms with Gasteiger partial charge >= 0.3 is 6.18 Å². The molecule has 1 fully saturated rings. The summed E-state index contributed by atoms with van der Waals surface area (Å²) in [5.74, 6) is -1.82. The van der Waals surface area contributed by atoms with E-state index in [9.17, 15) is 31.9 Å². The zero-order valence-electron chi connectivity index (χ0n) is 21.1. The van der Waals surface area contributed by atoms with Gasteiger partial charge < -0.3 is 14.5 Å². The van der Waals surface area contributed by atoms with Crippen LogP contribution in [0.4, 0.5) is 17.6 Å². The first-order valence-corrected chi connectivity index (χ1v) is 12.2. The summed E-state index contributed by atoms with van der Waals surface area (Å²) in [6.45, 7) is 1.55. The van der Waals surface area contributed by atoms with Gasteiger partial charge in [0.05, 0.1) is 21.9 Å². The number of aromatic amines is 1. The number of hydrogen-bond donors (Lipinski definition) is 1. The first-order chi connectivity index (χ1) is 19.0. The van der Waals surface area contributed by atoms with Crippen LogP contribution >= 0.6 is 0 Å². The van der Waals surface area contributed by atoms with E-state index in [1.54, 1.807) is 24.3 Å². The molecular formula is C28H22F4N4O4. The average molecular weight is 555 g/mol. The zero-order valence-corrected chi connectivity index (χ0v) is 21.1. The fourth-order valence-corrected chi connectivity index (χ4v) is 4.54. The molecule has 1 N–H and O–H groups in total. The van der Waals surface area contributed by atoms with Crippen LogP contribution in [0.2, 0.25) is 0 Å². The molecule has 2 heterocycles. The number of ether oxygens (including phenoxy) is 1. The molecule has 206 valence electrons. The third-order valence-corrected chi connectivity index (χ3v) is 6.69. The number of fused-ring (bicyclic) bond motifs is 1. The Hall–Kier alpha value is -4.74. The van der Waals surface area contributed by atoms with Crippen LogP contribution in [-0.2, 0) is 6.18 Å². The van der Waals surface area contributed by atoms with E-state index in [0.717, 1.165) is 12.1 Å². The summed E-state index contributed by atoms with van der Waals surface area (Å²) in [6.07, 6.45) is -4.59. The minimum Gasteiger partial charge on any atom is -0.437 e. The maximum Gasteiger partial charge on any atom is 0.416 e. The van der Waals surface area contributed by atoms with Gasteiger partial charge in [0.15, 0.2) is 0 Å². The Morgan fingerprint density at radius 1 is 0.900 bits per heavy atom. The standard InChI is InChI=1S/C28H22F4N4O4/c1-16-6-7-17(14-22(16)28(30,31)32)26(38)35-10-12-36(13-11-35)27(39)21-15-18(8-9-23(21)29)40-25-20-5-3-2-4-19(20)24(37)33-34-25/h2-9,14-15H,10-13H2,1H3,(H,33,37). The van der Waals surface area contributed by atoms with Crippen molar-refractivity contribution in [3.8, 4) is 11.6 Å². The number of aromatic nitrogens is 2. The summed E-state index contributed by atoms with van der Waals surface area (Å²) >= 11 is 0. The van der Waals surface area contributed by atoms with Crippen molar-refractivity contribution in [2.45, 2.75) is 13.1 Å². The lowest BCUT2D eigenvalue weighted by Gasteiger charge is -2.35. The number of amides is 2. The number of halogens is 4. The first kappa shape index (κ1) is 26.9. The van der Waals surface area contributed by atoms with Crippen molar-refractivity contribution in [3.63, 3.8) is 0 Å². The quantitative estimate of drug-likeness (QED) is 0.367. The van der Waals surface area contributed by atoms with Gasteiger partial charge in [-0.05, 0) is 55.0 Å². The Morgan fingerprint density at radius 3 is 2.23 bits per heavy atom. The molecule has 0 spiro atoms. The van der Waals surface area contributed by atoms with Gasteiger partial charge in [0, 0.05) is 31.7 Å². The fraction of sp³-hybridized carbons (Fsp3) is 0.214. The summed E-state index contributed by atoms with van der Waals surface area (Å²) in [5, 5.41) is 7.02. The van der Waals surface area contributed by atoms with E-state index in [1.165, 1.54) is 41.0 Å². The Labute approximate surface area is 224 Å². The molecule has 5 rings (SSSR count). The van der Waals surface area contributed by atoms with Gasteiger partial charge in [-0.2, -0.15) is 13.2 Å². The highest BCUT2D eigenvalue weighted by Crippen LogP contribution is 2.33. The van der Waals surface area contributed by atoms with Crippen molar-refractivity contribution in [1.29, 1.82) is 0 Å². The molecule has 0 aliphatic carbocycles. The molecule has 40 heavy (non-hydrogen) atoms. The van der Waals surface area contributed by atoms with Gasteiger partial charge in [0.25, 0.3) is 17.4 Å². The number of H-pyrrole nitrogens is 1. The molecule has 0 bridgehead atoms. The van der Waals surface area contributed by atoms with Crippen LogP contribution in [0.1, 0.15) is 31.8 Å². The lowest BCUT2D eigenvalue weighted by Crippen LogP contribution is -2.50. The number of hydrogen-bond acceptors (Lipinski definition) is 5. The molecule has 0 saturated carbocycles. The lowest BCUT2D eigenvalue weighted by molar-refractivity contribution is -0.138. The Kier molecular flexibility index (Phi) is 7.01. The van der Waals surface area contributed by atoms with Crippen LogP contribution in [0.15, 0.2) is 65.5 Å². The molecule has 0 atom stereocenters. The molecule has 8 nitrogen and oxygen atoms in total. The normalized spacial score (nSPS) is 13.9. The van der Waals surface area contributed by atoms with Crippen LogP contribution in [0, 0.1) is 12.7 Å². The summed E-state index contributed by atoms with van der Waals surface area (Å²) in [7, 11) is 0. The lowest BCUT2D eigenvalue weighted by atomic mass is 10.0. The second-order valence-electron chi connectivity index (χ2n) is 9.26. The molecule has 4 aromatic rings. The number of nitrogens with one attached hydrogen (secondary N) is 1. The smallest absolute Gasteiger partial charge is 0.416 e. The van der Waals surface area contributed by atoms with Crippen LogP contribution < -0.4 is 10.3 Å². The predicted molar refractivity (Wildman–Crippen MR) is 137 cm³/mol. The summed E-state index contributed by atoms with van der Waals surface area (Å²) in [6, 6.07) is 13.7. The number of alkyl halides is 3. The highest BCUT2D eigenvalue weighted by atomic mass is 19.4. The third kappa shape index (κ3) is 5.24. The minimum atomic E-state index is -4.59. The van der Waals surface area contributed by atoms with Crippen molar-refractivity contribution in [2.24, 2.45) is 0 Å². The molecule has 0 unspecified atom stereocenters. The van der Waals surface area contributed by atoms with E-state index in [-0.39, 0.29) is 54.5 Å². The van der Waals surface area contributed by atoms with Crippen molar-refractivity contribution >= 4 is 22.6 Å². The van der Waals surface area contributed by atoms with Crippen LogP contribution in [0.3, 0.4) is 0 Å². The zero-order chi connectivity index (χ0) is 28.6. The molecule has 1 aliphatic rings. The highest BCUT2D eigenvalue weighted by molar-refractivity contribution is 5.96. The molecule has 1 aromatic heterocycles. The van der Waals surface area contributed by atoms with Gasteiger partial charge in [-0.1, -0.05) is 18.2 Å². The molecule has 2 amide bonds. The number of aryl methyl sites for hydroxylation is 1. The number of carbonyl (C=O) groups is 2. The van der Waals surface area contributed by atoms with E-state index in [2.05, 4.69) is 10.2 Å². The molecular weight excluding hydrogens is 532 g/mol. The first-order valence-electron chi connectivity index (χ1n) is 12.2. The van der Waals surface area contributed by atoms with E-state index < -0.39 is 34.9 Å². The number of piperazine rings is 1. The SMILES string of the molecule is Cc1ccc(C(=O)N2CCN(C(=O)c3cc(Oc4n[nH]c(=O)c5ccccc45)ccc3F)CC2)cc1C(F)(F)F. The highest BCUT2D eigenvalue weighted by Gasteiger charge is 2.34. The van der Waals surface area contributed by atoms with Crippen molar-refractivity contribution < 1.29 is 31.9 Å². The molecule has 0 radical (unpaired) electrons. The molecule has 1 aliphatic heterocycles. The number of rotatable bonds is 4. The largest absolute Gasteiger partial charge is 0.437 e. The van der Waals surface area contributed by atoms with Crippen molar-refractivity contribution in [3.05, 3.63) is 99.1 Å². The monoisotopic (exact) mass is 554 g/mol. The third-order valence-electron chi connectivity index (χ3n) is 6.69. The van der Waals surface area contributed by atoms with Crippen LogP contribution in [-0.4, -0.2) is 58.0 Å². The van der Waals surface area contributed by atoms with Crippen LogP contribution in [0.5, 0.6) is 11.6 Å². The van der Waals surface area contributed by atoms with Gasteiger partial charge in [-0.15, -0.1) is 5.10 Å². The Morgan fingerprint density at radius 2 is 1.55 bits per heavy atom. The maximum absolute atomic E-state index is 14.7. The maximum atomic E-state index is 14.7. The Bertz CT molecular complexity index is 1680. The molecule has 1 saturated heterocycles. The summed E-state index contributed by atoms with van der Waals surface area (Å²) in [4.78, 5) is 40.8. The number of carbonyl (C=O) groups excluding carboxylic acids is 2. The second-order valence-corrected chi connectivity index (χ2v) is 9.26. The van der Waals surface area contributed by atoms with Gasteiger partial charge in [0.1, 0.15) is 11.6 Å². The Balaban J connectivity index is 1.29. The molecule has 12 heteroatoms. The second kappa shape index (κ2) is 10.4. The summed E-state index contributed by atoms with van der Waals surface area (Å²) < 4.78 is 60.3. The van der Waals surface area contributed by atoms with E-state index in [0.29, 0.717) is 10.8 Å². The van der Waals surface area contributed by atoms with E-state index >= 15 is 0 Å². The predicted octanol–water partition coefficient (Wildman–Crippen LogP) is 4.78. The van der Waals surface area contributed by atoms with Gasteiger partial charge in [-0.3, -0.25) is 14.4 Å². The van der Waals surface area contributed by atoms with E-state index in [4.69, 9.17) is 4.74 Å². The fourth-order valence-electron chi connectivity index (χ4n) is 4.54. The van der Waals surface area contributed by atoms with Crippen LogP contribution in [0.25, 0.3) is 10.8 Å². The molecule has 3 aromatic carbocycles. The number of nitrogens with zero attached hydrogens (tertiary/aromatic N) is 3. The topological polar surface area (TPSA) is 95.6 Å². The van der Waals surface area contributed by atoms with E-state index in [1.807, 2.05) is 0 Å². The number of benzene rings is 3. The van der Waals surface area contributed by atoms with Gasteiger partial charge in [0.2, 0.25) is 5.88 Å². The summed E-state index contributed by atoms with van der Waals surface area (Å²) in [5.41, 5.74) is -1.64. The average Bonchev–Trinajstić information content (AvgIpc) is 2.94. The van der Waals surface area contributed by atoms with Crippen molar-refractivity contribution in [2.75, 3.05) is 26.2 Å².